The summed E-state index contributed by atoms with van der Waals surface area (Å²) in [7, 11) is -3.59. The lowest BCUT2D eigenvalue weighted by molar-refractivity contribution is -0.114. The average molecular weight is 324 g/mol. The van der Waals surface area contributed by atoms with Crippen LogP contribution in [0.15, 0.2) is 46.7 Å². The maximum absolute atomic E-state index is 12.3. The molecule has 2 aromatic rings. The van der Waals surface area contributed by atoms with Gasteiger partial charge in [0.05, 0.1) is 10.9 Å². The van der Waals surface area contributed by atoms with Crippen molar-refractivity contribution in [2.45, 2.75) is 24.8 Å². The van der Waals surface area contributed by atoms with Gasteiger partial charge in [-0.2, -0.15) is 0 Å². The third-order valence-corrected chi connectivity index (χ3v) is 5.40. The van der Waals surface area contributed by atoms with Crippen LogP contribution in [-0.4, -0.2) is 14.3 Å². The largest absolute Gasteiger partial charge is 0.326 e. The number of hydrogen-bond donors (Lipinski definition) is 2. The Morgan fingerprint density at radius 2 is 1.86 bits per heavy atom. The summed E-state index contributed by atoms with van der Waals surface area (Å²) in [5, 5.41) is 4.50. The molecule has 2 rings (SSSR count). The van der Waals surface area contributed by atoms with Gasteiger partial charge >= 0.3 is 0 Å². The van der Waals surface area contributed by atoms with E-state index in [-0.39, 0.29) is 16.8 Å². The Morgan fingerprint density at radius 1 is 1.19 bits per heavy atom. The Balaban J connectivity index is 2.14. The van der Waals surface area contributed by atoms with Gasteiger partial charge in [-0.3, -0.25) is 4.79 Å². The van der Waals surface area contributed by atoms with Gasteiger partial charge in [0, 0.05) is 17.5 Å². The summed E-state index contributed by atoms with van der Waals surface area (Å²) >= 11 is 1.50. The Hall–Kier alpha value is -1.70. The fourth-order valence-electron chi connectivity index (χ4n) is 1.82. The zero-order chi connectivity index (χ0) is 15.5. The number of rotatable bonds is 5. The van der Waals surface area contributed by atoms with Gasteiger partial charge in [0.15, 0.2) is 0 Å². The second-order valence-electron chi connectivity index (χ2n) is 4.56. The molecule has 1 aromatic carbocycles. The first-order chi connectivity index (χ1) is 9.88. The molecule has 2 N–H and O–H groups in total. The number of anilines is 1. The van der Waals surface area contributed by atoms with Crippen LogP contribution in [0.1, 0.15) is 24.8 Å². The van der Waals surface area contributed by atoms with Crippen molar-refractivity contribution in [2.75, 3.05) is 5.32 Å². The van der Waals surface area contributed by atoms with Crippen molar-refractivity contribution < 1.29 is 13.2 Å². The highest BCUT2D eigenvalue weighted by Gasteiger charge is 2.18. The number of benzene rings is 1. The van der Waals surface area contributed by atoms with Gasteiger partial charge in [0.2, 0.25) is 15.9 Å². The fourth-order valence-corrected chi connectivity index (χ4v) is 3.85. The van der Waals surface area contributed by atoms with Crippen molar-refractivity contribution in [3.8, 4) is 0 Å². The molecule has 0 aliphatic carbocycles. The molecule has 0 saturated heterocycles. The van der Waals surface area contributed by atoms with Crippen molar-refractivity contribution in [1.29, 1.82) is 0 Å². The Kier molecular flexibility index (Phi) is 4.76. The van der Waals surface area contributed by atoms with Gasteiger partial charge < -0.3 is 5.32 Å². The molecular formula is C14H16N2O3S2. The number of thiophene rings is 1. The summed E-state index contributed by atoms with van der Waals surface area (Å²) in [5.74, 6) is -0.199. The molecule has 1 amide bonds. The summed E-state index contributed by atoms with van der Waals surface area (Å²) in [6.45, 7) is 3.20. The molecule has 1 heterocycles. The van der Waals surface area contributed by atoms with E-state index in [2.05, 4.69) is 10.0 Å². The summed E-state index contributed by atoms with van der Waals surface area (Å²) in [5.41, 5.74) is 0.563. The predicted molar refractivity (Wildman–Crippen MR) is 83.8 cm³/mol. The summed E-state index contributed by atoms with van der Waals surface area (Å²) in [4.78, 5) is 12.1. The van der Waals surface area contributed by atoms with Gasteiger partial charge in [-0.15, -0.1) is 11.3 Å². The number of carbonyl (C=O) groups is 1. The van der Waals surface area contributed by atoms with E-state index in [4.69, 9.17) is 0 Å². The highest BCUT2D eigenvalue weighted by atomic mass is 32.2. The second-order valence-corrected chi connectivity index (χ2v) is 7.26. The highest BCUT2D eigenvalue weighted by molar-refractivity contribution is 7.89. The minimum Gasteiger partial charge on any atom is -0.326 e. The topological polar surface area (TPSA) is 75.3 Å². The monoisotopic (exact) mass is 324 g/mol. The molecule has 0 radical (unpaired) electrons. The summed E-state index contributed by atoms with van der Waals surface area (Å²) in [6.07, 6.45) is 0. The number of hydrogen-bond acceptors (Lipinski definition) is 4. The molecule has 5 nitrogen and oxygen atoms in total. The number of carbonyl (C=O) groups excluding carboxylic acids is 1. The molecule has 21 heavy (non-hydrogen) atoms. The molecule has 0 aliphatic rings. The molecule has 0 aliphatic heterocycles. The fraction of sp³-hybridized carbons (Fsp3) is 0.214. The maximum Gasteiger partial charge on any atom is 0.241 e. The molecule has 1 atom stereocenters. The van der Waals surface area contributed by atoms with E-state index in [1.807, 2.05) is 17.5 Å². The predicted octanol–water partition coefficient (Wildman–Crippen LogP) is 2.75. The minimum absolute atomic E-state index is 0.167. The molecule has 0 spiro atoms. The molecule has 1 aromatic heterocycles. The Bertz CT molecular complexity index is 707. The molecule has 112 valence electrons. The zero-order valence-corrected chi connectivity index (χ0v) is 13.3. The normalized spacial score (nSPS) is 12.9. The third kappa shape index (κ3) is 4.13. The van der Waals surface area contributed by atoms with Gasteiger partial charge in [-0.1, -0.05) is 6.07 Å². The van der Waals surface area contributed by atoms with Crippen LogP contribution >= 0.6 is 11.3 Å². The summed E-state index contributed by atoms with van der Waals surface area (Å²) < 4.78 is 27.2. The van der Waals surface area contributed by atoms with Crippen molar-refractivity contribution in [3.63, 3.8) is 0 Å². The minimum atomic E-state index is -3.59. The quantitative estimate of drug-likeness (QED) is 0.888. The van der Waals surface area contributed by atoms with Crippen LogP contribution < -0.4 is 10.0 Å². The van der Waals surface area contributed by atoms with Crippen molar-refractivity contribution in [3.05, 3.63) is 46.7 Å². The van der Waals surface area contributed by atoms with Crippen LogP contribution in [0, 0.1) is 0 Å². The van der Waals surface area contributed by atoms with E-state index in [1.165, 1.54) is 30.4 Å². The first-order valence-corrected chi connectivity index (χ1v) is 8.68. The third-order valence-electron chi connectivity index (χ3n) is 2.79. The molecule has 7 heteroatoms. The van der Waals surface area contributed by atoms with E-state index < -0.39 is 10.0 Å². The van der Waals surface area contributed by atoms with E-state index >= 15 is 0 Å². The van der Waals surface area contributed by atoms with E-state index in [1.54, 1.807) is 19.1 Å². The van der Waals surface area contributed by atoms with Gasteiger partial charge in [-0.25, -0.2) is 13.1 Å². The highest BCUT2D eigenvalue weighted by Crippen LogP contribution is 2.21. The molecular weight excluding hydrogens is 308 g/mol. The Morgan fingerprint density at radius 3 is 2.38 bits per heavy atom. The van der Waals surface area contributed by atoms with Crippen LogP contribution in [0.3, 0.4) is 0 Å². The van der Waals surface area contributed by atoms with Gasteiger partial charge in [0.1, 0.15) is 0 Å². The standard InChI is InChI=1S/C14H16N2O3S2/c1-10(14-4-3-9-20-14)16-21(18,19)13-7-5-12(6-8-13)15-11(2)17/h3-10,16H,1-2H3,(H,15,17)/t10-/m1/s1. The van der Waals surface area contributed by atoms with E-state index in [9.17, 15) is 13.2 Å². The second kappa shape index (κ2) is 6.38. The van der Waals surface area contributed by atoms with Gasteiger partial charge in [0.25, 0.3) is 0 Å². The molecule has 0 saturated carbocycles. The van der Waals surface area contributed by atoms with Crippen LogP contribution in [0.4, 0.5) is 5.69 Å². The first-order valence-electron chi connectivity index (χ1n) is 6.32. The molecule has 0 unspecified atom stereocenters. The lowest BCUT2D eigenvalue weighted by atomic mass is 10.3. The first kappa shape index (κ1) is 15.7. The van der Waals surface area contributed by atoms with Crippen LogP contribution in [0.2, 0.25) is 0 Å². The SMILES string of the molecule is CC(=O)Nc1ccc(S(=O)(=O)N[C@H](C)c2cccs2)cc1. The van der Waals surface area contributed by atoms with E-state index in [0.717, 1.165) is 4.88 Å². The lowest BCUT2D eigenvalue weighted by Crippen LogP contribution is -2.26. The number of sulfonamides is 1. The lowest BCUT2D eigenvalue weighted by Gasteiger charge is -2.13. The van der Waals surface area contributed by atoms with Crippen LogP contribution in [-0.2, 0) is 14.8 Å². The Labute approximate surface area is 128 Å². The maximum atomic E-state index is 12.3. The van der Waals surface area contributed by atoms with Crippen molar-refractivity contribution >= 4 is 33.0 Å². The average Bonchev–Trinajstić information content (AvgIpc) is 2.92. The number of amides is 1. The summed E-state index contributed by atoms with van der Waals surface area (Å²) in [6, 6.07) is 9.54. The van der Waals surface area contributed by atoms with Crippen LogP contribution in [0.25, 0.3) is 0 Å². The molecule has 0 bridgehead atoms. The zero-order valence-electron chi connectivity index (χ0n) is 11.7. The van der Waals surface area contributed by atoms with E-state index in [0.29, 0.717) is 5.69 Å². The molecule has 0 fully saturated rings. The van der Waals surface area contributed by atoms with Gasteiger partial charge in [-0.05, 0) is 42.6 Å². The van der Waals surface area contributed by atoms with Crippen LogP contribution in [0.5, 0.6) is 0 Å². The smallest absolute Gasteiger partial charge is 0.241 e. The number of nitrogens with one attached hydrogen (secondary N) is 2. The van der Waals surface area contributed by atoms with Crippen molar-refractivity contribution in [2.24, 2.45) is 0 Å². The van der Waals surface area contributed by atoms with Crippen molar-refractivity contribution in [1.82, 2.24) is 4.72 Å².